The largest absolute Gasteiger partial charge is 0.508 e. The maximum Gasteiger partial charge on any atom is 0.246 e. The fraction of sp³-hybridized carbons (Fsp3) is 0.476. The molecule has 11 heteroatoms. The zero-order valence-electron chi connectivity index (χ0n) is 17.9. The molecule has 11 nitrogen and oxygen atoms in total. The summed E-state index contributed by atoms with van der Waals surface area (Å²) in [6, 6.07) is 3.55. The lowest BCUT2D eigenvalue weighted by molar-refractivity contribution is -0.141. The summed E-state index contributed by atoms with van der Waals surface area (Å²) in [5.41, 5.74) is 11.4. The van der Waals surface area contributed by atoms with Crippen LogP contribution in [0, 0.1) is 0 Å². The second-order valence-electron chi connectivity index (χ2n) is 7.79. The number of benzene rings is 1. The normalized spacial score (nSPS) is 17.4. The van der Waals surface area contributed by atoms with E-state index < -0.39 is 41.8 Å². The van der Waals surface area contributed by atoms with Gasteiger partial charge in [-0.3, -0.25) is 29.3 Å². The van der Waals surface area contributed by atoms with E-state index in [4.69, 9.17) is 11.5 Å². The minimum Gasteiger partial charge on any atom is -0.508 e. The number of likely N-dealkylation sites (tertiary alicyclic amines) is 1. The number of hydrogen-bond acceptors (Lipinski definition) is 7. The van der Waals surface area contributed by atoms with Crippen molar-refractivity contribution in [3.63, 3.8) is 0 Å². The number of amides is 4. The van der Waals surface area contributed by atoms with Crippen LogP contribution in [0.25, 0.3) is 0 Å². The Balaban J connectivity index is 2.02. The molecule has 1 aliphatic rings. The first-order valence-electron chi connectivity index (χ1n) is 10.3. The number of carbonyl (C=O) groups excluding carboxylic acids is 5. The van der Waals surface area contributed by atoms with Crippen LogP contribution in [-0.2, 0) is 30.4 Å². The molecule has 1 aliphatic heterocycles. The first kappa shape index (κ1) is 24.8. The van der Waals surface area contributed by atoms with Crippen molar-refractivity contribution >= 4 is 29.4 Å². The van der Waals surface area contributed by atoms with Gasteiger partial charge in [-0.1, -0.05) is 12.1 Å². The molecule has 0 saturated carbocycles. The Morgan fingerprint density at radius 2 is 1.78 bits per heavy atom. The molecular weight excluding hydrogens is 418 g/mol. The SMILES string of the molecule is CC(=O)NC(CC(N)=O)C(=O)N1CCCC1C(=O)CNC(Cc1ccc(O)cc1)C(N)=O. The fourth-order valence-electron chi connectivity index (χ4n) is 3.69. The molecule has 0 aliphatic carbocycles. The van der Waals surface area contributed by atoms with E-state index in [9.17, 15) is 29.1 Å². The summed E-state index contributed by atoms with van der Waals surface area (Å²) < 4.78 is 0. The van der Waals surface area contributed by atoms with Crippen LogP contribution in [0.2, 0.25) is 0 Å². The van der Waals surface area contributed by atoms with Gasteiger partial charge in [0.2, 0.25) is 23.6 Å². The molecule has 3 unspecified atom stereocenters. The summed E-state index contributed by atoms with van der Waals surface area (Å²) in [5, 5.41) is 14.6. The Kier molecular flexibility index (Phi) is 8.71. The lowest BCUT2D eigenvalue weighted by Crippen LogP contribution is -2.54. The Bertz CT molecular complexity index is 856. The van der Waals surface area contributed by atoms with Crippen molar-refractivity contribution in [3.05, 3.63) is 29.8 Å². The number of nitrogens with zero attached hydrogens (tertiary/aromatic N) is 1. The van der Waals surface area contributed by atoms with Gasteiger partial charge in [0.1, 0.15) is 11.8 Å². The molecular formula is C21H29N5O6. The molecule has 0 aromatic heterocycles. The van der Waals surface area contributed by atoms with Gasteiger partial charge in [-0.2, -0.15) is 0 Å². The van der Waals surface area contributed by atoms with Gasteiger partial charge in [0.05, 0.1) is 25.0 Å². The van der Waals surface area contributed by atoms with Gasteiger partial charge >= 0.3 is 0 Å². The molecule has 0 spiro atoms. The maximum absolute atomic E-state index is 12.9. The second-order valence-corrected chi connectivity index (χ2v) is 7.79. The zero-order valence-corrected chi connectivity index (χ0v) is 17.9. The van der Waals surface area contributed by atoms with Crippen molar-refractivity contribution < 1.29 is 29.1 Å². The number of Topliss-reactive ketones (excluding diaryl/α,β-unsaturated/α-hetero) is 1. The number of primary amides is 2. The molecule has 3 atom stereocenters. The monoisotopic (exact) mass is 447 g/mol. The van der Waals surface area contributed by atoms with Crippen LogP contribution < -0.4 is 22.1 Å². The highest BCUT2D eigenvalue weighted by molar-refractivity contribution is 5.96. The minimum atomic E-state index is -1.14. The van der Waals surface area contributed by atoms with Crippen molar-refractivity contribution in [2.45, 2.75) is 50.7 Å². The fourth-order valence-corrected chi connectivity index (χ4v) is 3.69. The predicted octanol–water partition coefficient (Wildman–Crippen LogP) is -1.68. The number of phenolic OH excluding ortho intramolecular Hbond substituents is 1. The van der Waals surface area contributed by atoms with Crippen molar-refractivity contribution in [1.82, 2.24) is 15.5 Å². The van der Waals surface area contributed by atoms with Crippen LogP contribution in [0.15, 0.2) is 24.3 Å². The smallest absolute Gasteiger partial charge is 0.246 e. The molecule has 174 valence electrons. The number of hydrogen-bond donors (Lipinski definition) is 5. The third kappa shape index (κ3) is 7.05. The van der Waals surface area contributed by atoms with Gasteiger partial charge in [-0.05, 0) is 37.0 Å². The maximum atomic E-state index is 12.9. The van der Waals surface area contributed by atoms with Gasteiger partial charge < -0.3 is 26.8 Å². The average Bonchev–Trinajstić information content (AvgIpc) is 3.20. The number of phenols is 1. The van der Waals surface area contributed by atoms with Crippen molar-refractivity contribution in [2.75, 3.05) is 13.1 Å². The van der Waals surface area contributed by atoms with Gasteiger partial charge in [0.15, 0.2) is 5.78 Å². The van der Waals surface area contributed by atoms with Crippen LogP contribution in [0.3, 0.4) is 0 Å². The van der Waals surface area contributed by atoms with Crippen LogP contribution >= 0.6 is 0 Å². The molecule has 7 N–H and O–H groups in total. The minimum absolute atomic E-state index is 0.0902. The molecule has 1 aromatic rings. The van der Waals surface area contributed by atoms with E-state index in [0.29, 0.717) is 19.4 Å². The highest BCUT2D eigenvalue weighted by Crippen LogP contribution is 2.20. The molecule has 1 aromatic carbocycles. The summed E-state index contributed by atoms with van der Waals surface area (Å²) in [6.45, 7) is 1.33. The van der Waals surface area contributed by atoms with Crippen LogP contribution in [0.1, 0.15) is 31.7 Å². The molecule has 0 radical (unpaired) electrons. The van der Waals surface area contributed by atoms with E-state index in [-0.39, 0.29) is 30.9 Å². The number of ketones is 1. The number of nitrogens with one attached hydrogen (secondary N) is 2. The van der Waals surface area contributed by atoms with Crippen LogP contribution in [-0.4, -0.2) is 70.6 Å². The number of carbonyl (C=O) groups is 5. The molecule has 1 saturated heterocycles. The first-order chi connectivity index (χ1) is 15.1. The predicted molar refractivity (Wildman–Crippen MR) is 114 cm³/mol. The zero-order chi connectivity index (χ0) is 23.8. The van der Waals surface area contributed by atoms with E-state index in [1.165, 1.54) is 24.0 Å². The number of aromatic hydroxyl groups is 1. The van der Waals surface area contributed by atoms with Crippen molar-refractivity contribution in [3.8, 4) is 5.75 Å². The quantitative estimate of drug-likeness (QED) is 0.268. The molecule has 2 rings (SSSR count). The molecule has 1 fully saturated rings. The average molecular weight is 447 g/mol. The Labute approximate surface area is 185 Å². The topological polar surface area (TPSA) is 185 Å². The van der Waals surface area contributed by atoms with Crippen LogP contribution in [0.5, 0.6) is 5.75 Å². The summed E-state index contributed by atoms with van der Waals surface area (Å²) >= 11 is 0. The first-order valence-corrected chi connectivity index (χ1v) is 10.3. The Morgan fingerprint density at radius 3 is 2.34 bits per heavy atom. The number of rotatable bonds is 11. The van der Waals surface area contributed by atoms with Gasteiger partial charge in [-0.25, -0.2) is 0 Å². The summed E-state index contributed by atoms with van der Waals surface area (Å²) in [6.07, 6.45) is 0.858. The molecule has 1 heterocycles. The van der Waals surface area contributed by atoms with Crippen LogP contribution in [0.4, 0.5) is 0 Å². The second kappa shape index (κ2) is 11.2. The highest BCUT2D eigenvalue weighted by atomic mass is 16.3. The van der Waals surface area contributed by atoms with Crippen molar-refractivity contribution in [2.24, 2.45) is 11.5 Å². The van der Waals surface area contributed by atoms with Gasteiger partial charge in [-0.15, -0.1) is 0 Å². The highest BCUT2D eigenvalue weighted by Gasteiger charge is 2.37. The summed E-state index contributed by atoms with van der Waals surface area (Å²) in [5.74, 6) is -2.66. The van der Waals surface area contributed by atoms with Gasteiger partial charge in [0, 0.05) is 13.5 Å². The molecule has 32 heavy (non-hydrogen) atoms. The third-order valence-electron chi connectivity index (χ3n) is 5.23. The lowest BCUT2D eigenvalue weighted by Gasteiger charge is -2.28. The van der Waals surface area contributed by atoms with E-state index in [1.807, 2.05) is 0 Å². The Morgan fingerprint density at radius 1 is 1.12 bits per heavy atom. The Hall–Kier alpha value is -3.47. The lowest BCUT2D eigenvalue weighted by atomic mass is 10.0. The molecule has 4 amide bonds. The van der Waals surface area contributed by atoms with E-state index in [0.717, 1.165) is 5.56 Å². The van der Waals surface area contributed by atoms with E-state index in [1.54, 1.807) is 12.1 Å². The summed E-state index contributed by atoms with van der Waals surface area (Å²) in [7, 11) is 0. The number of nitrogens with two attached hydrogens (primary N) is 2. The van der Waals surface area contributed by atoms with E-state index in [2.05, 4.69) is 10.6 Å². The standard InChI is InChI=1S/C21H29N5O6/c1-12(27)25-16(10-19(22)30)21(32)26-8-2-3-17(26)18(29)11-24-15(20(23)31)9-13-4-6-14(28)7-5-13/h4-7,15-17,24,28H,2-3,8-11H2,1H3,(H2,22,30)(H2,23,31)(H,25,27). The molecule has 0 bridgehead atoms. The van der Waals surface area contributed by atoms with Gasteiger partial charge in [0.25, 0.3) is 0 Å². The van der Waals surface area contributed by atoms with Crippen molar-refractivity contribution in [1.29, 1.82) is 0 Å². The van der Waals surface area contributed by atoms with E-state index >= 15 is 0 Å². The summed E-state index contributed by atoms with van der Waals surface area (Å²) in [4.78, 5) is 61.6. The third-order valence-corrected chi connectivity index (χ3v) is 5.23.